The van der Waals surface area contributed by atoms with Gasteiger partial charge in [0.1, 0.15) is 18.5 Å². The molecule has 4 aliphatic rings. The lowest BCUT2D eigenvalue weighted by atomic mass is 9.86. The zero-order chi connectivity index (χ0) is 78.0. The van der Waals surface area contributed by atoms with Gasteiger partial charge in [0.25, 0.3) is 0 Å². The molecule has 0 amide bonds. The van der Waals surface area contributed by atoms with Crippen LogP contribution in [-0.4, -0.2) is 67.9 Å². The Balaban J connectivity index is -0.000000234. The van der Waals surface area contributed by atoms with Crippen LogP contribution in [0.4, 0.5) is 110 Å². The van der Waals surface area contributed by atoms with E-state index in [1.807, 2.05) is 13.8 Å². The van der Waals surface area contributed by atoms with E-state index in [1.54, 1.807) is 13.8 Å². The van der Waals surface area contributed by atoms with Crippen LogP contribution in [0, 0.1) is 110 Å². The minimum absolute atomic E-state index is 0.0509. The van der Waals surface area contributed by atoms with Gasteiger partial charge in [0.15, 0.2) is 5.41 Å². The Morgan fingerprint density at radius 2 is 0.716 bits per heavy atom. The van der Waals surface area contributed by atoms with Gasteiger partial charge < -0.3 is 0 Å². The average Bonchev–Trinajstić information content (AvgIpc) is 1.66. The first-order valence-corrected chi connectivity index (χ1v) is 33.8. The third-order valence-electron chi connectivity index (χ3n) is 19.7. The first-order valence-electron chi connectivity index (χ1n) is 33.8. The van der Waals surface area contributed by atoms with Crippen molar-refractivity contribution in [2.75, 3.05) is 0 Å². The first-order chi connectivity index (χ1) is 41.8. The zero-order valence-corrected chi connectivity index (χ0v) is 62.4. The molecular formula is C70H127F25. The molecule has 4 saturated carbocycles. The summed E-state index contributed by atoms with van der Waals surface area (Å²) in [5.41, 5.74) is -4.01. The van der Waals surface area contributed by atoms with Crippen molar-refractivity contribution in [3.63, 3.8) is 0 Å². The van der Waals surface area contributed by atoms with Gasteiger partial charge in [-0.15, -0.1) is 0 Å². The van der Waals surface area contributed by atoms with E-state index in [9.17, 15) is 110 Å². The van der Waals surface area contributed by atoms with Gasteiger partial charge in [-0.1, -0.05) is 219 Å². The second kappa shape index (κ2) is 43.3. The van der Waals surface area contributed by atoms with E-state index in [-0.39, 0.29) is 31.6 Å². The summed E-state index contributed by atoms with van der Waals surface area (Å²) in [6, 6.07) is 0. The van der Waals surface area contributed by atoms with Gasteiger partial charge in [-0.2, -0.15) is 79.0 Å². The van der Waals surface area contributed by atoms with Crippen LogP contribution in [0.25, 0.3) is 0 Å². The standard InChI is InChI=1S/C10H14F6.C8H13F3.C8H16.C7H11F3.C7H16.C6H8F6.C6H11F3.2C6H12F2.C6H14/c1-4-5(2)8(10(14,15)16)6(3)7(4)9(11,12)13;1-5-3-6(2)7(4-5)8(9,10)11;1-6-4-5-7(2)8(6)3;1-3-5(8)4(2)7(10)6(3)9;1-5-6-7(2,3)4;1-3-4(2,5(7,8)9)6(10,11)12;1-4-5(2,3)6(7,8)9;1-4-6(7,8)5(2)3;1-3-4-5(2)6(7)8;1-5-6(2,3)4/h4-8H,1-3H3;5-7H,3-4H2,1-2H3;6-8H,4-5H2,1-3H3;3-7H,1-2H3;5-6H2,1-4H3;3H2,1-2H3;4H2,1-3H3;5H,4H2,1-3H3;5-6H,3-4H2,1-2H3;5H2,1-4H3/t4-,5?,6?,7?,8?;5-,6?,7?;;3-,4?,5?,6?,7?;;;;;;/m10.0....../s1. The Labute approximate surface area is 557 Å². The van der Waals surface area contributed by atoms with Crippen LogP contribution in [0.15, 0.2) is 0 Å². The summed E-state index contributed by atoms with van der Waals surface area (Å²) in [6.45, 7) is 48.1. The summed E-state index contributed by atoms with van der Waals surface area (Å²) >= 11 is 0. The van der Waals surface area contributed by atoms with Gasteiger partial charge in [-0.05, 0) is 104 Å². The molecular weight excluding hydrogens is 1320 g/mol. The molecule has 0 heterocycles. The highest BCUT2D eigenvalue weighted by Crippen LogP contribution is 2.57. The largest absolute Gasteiger partial charge is 0.402 e. The molecule has 25 heteroatoms. The van der Waals surface area contributed by atoms with Gasteiger partial charge in [-0.25, -0.2) is 30.7 Å². The molecule has 95 heavy (non-hydrogen) atoms. The fourth-order valence-electron chi connectivity index (χ4n) is 10.6. The van der Waals surface area contributed by atoms with E-state index >= 15 is 0 Å². The Morgan fingerprint density at radius 3 is 0.789 bits per heavy atom. The van der Waals surface area contributed by atoms with Crippen LogP contribution in [-0.2, 0) is 0 Å². The topological polar surface area (TPSA) is 0 Å². The van der Waals surface area contributed by atoms with E-state index in [2.05, 4.69) is 76.2 Å². The Morgan fingerprint density at radius 1 is 0.368 bits per heavy atom. The van der Waals surface area contributed by atoms with E-state index in [0.717, 1.165) is 44.4 Å². The molecule has 0 aromatic carbocycles. The summed E-state index contributed by atoms with van der Waals surface area (Å²) in [5.74, 6) is -10.0. The quantitative estimate of drug-likeness (QED) is 0.213. The maximum atomic E-state index is 12.7. The minimum Gasteiger partial charge on any atom is -0.247 e. The minimum atomic E-state index is -5.24. The third-order valence-corrected chi connectivity index (χ3v) is 19.7. The number of hydrogen-bond donors (Lipinski definition) is 0. The number of rotatable bonds is 8. The summed E-state index contributed by atoms with van der Waals surface area (Å²) in [7, 11) is 0. The molecule has 0 spiro atoms. The third kappa shape index (κ3) is 39.9. The molecule has 0 aromatic heterocycles. The molecule has 0 bridgehead atoms. The van der Waals surface area contributed by atoms with Crippen molar-refractivity contribution < 1.29 is 110 Å². The van der Waals surface area contributed by atoms with Crippen LogP contribution in [0.5, 0.6) is 0 Å². The normalized spacial score (nSPS) is 28.6. The van der Waals surface area contributed by atoms with Crippen molar-refractivity contribution in [2.24, 2.45) is 110 Å². The number of hydrogen-bond acceptors (Lipinski definition) is 0. The number of halogens is 25. The second-order valence-electron chi connectivity index (χ2n) is 30.9. The summed E-state index contributed by atoms with van der Waals surface area (Å²) in [6.07, 6.45) is -25.8. The van der Waals surface area contributed by atoms with Crippen molar-refractivity contribution in [3.8, 4) is 0 Å². The van der Waals surface area contributed by atoms with E-state index in [4.69, 9.17) is 0 Å². The molecule has 0 N–H and O–H groups in total. The van der Waals surface area contributed by atoms with Crippen molar-refractivity contribution in [1.29, 1.82) is 0 Å². The highest BCUT2D eigenvalue weighted by Gasteiger charge is 2.66. The second-order valence-corrected chi connectivity index (χ2v) is 30.9. The predicted octanol–water partition coefficient (Wildman–Crippen LogP) is 29.6. The monoisotopic (exact) mass is 1440 g/mol. The molecule has 0 aromatic rings. The van der Waals surface area contributed by atoms with Crippen molar-refractivity contribution >= 4 is 0 Å². The molecule has 16 atom stereocenters. The SMILES string of the molecule is CC1C(C(F)(F)F)C(C)[C@@H](C)C1C(F)(F)F.CC1C(F)C(F)[C@@H](C)C1F.CC1CCC(C)C1C.CC1C[C@H](C)CC1C(F)(F)F.CCC(C)(C(F)(F)F)C(F)(F)F.CCC(C)(C)C.CCC(C)(C)C(F)(F)F.CCC(F)(F)C(C)C.CCCC(C)(C)C.CCCC(C)C(F)F. The Kier molecular flexibility index (Phi) is 47.5. The predicted molar refractivity (Wildman–Crippen MR) is 338 cm³/mol. The van der Waals surface area contributed by atoms with Crippen molar-refractivity contribution in [3.05, 3.63) is 0 Å². The average molecular weight is 1440 g/mol. The van der Waals surface area contributed by atoms with Crippen LogP contribution < -0.4 is 0 Å². The lowest BCUT2D eigenvalue weighted by Crippen LogP contribution is -2.47. The number of alkyl halides is 25. The zero-order valence-electron chi connectivity index (χ0n) is 62.4. The maximum absolute atomic E-state index is 12.7. The molecule has 0 nitrogen and oxygen atoms in total. The molecule has 582 valence electrons. The van der Waals surface area contributed by atoms with Crippen LogP contribution in [0.3, 0.4) is 0 Å². The van der Waals surface area contributed by atoms with Crippen molar-refractivity contribution in [2.45, 2.75) is 339 Å². The fraction of sp³-hybridized carbons (Fsp3) is 1.00. The molecule has 4 aliphatic carbocycles. The molecule has 0 radical (unpaired) electrons. The lowest BCUT2D eigenvalue weighted by Gasteiger charge is -2.32. The molecule has 4 fully saturated rings. The van der Waals surface area contributed by atoms with Crippen LogP contribution in [0.2, 0.25) is 0 Å². The summed E-state index contributed by atoms with van der Waals surface area (Å²) < 4.78 is 305. The first kappa shape index (κ1) is 104. The molecule has 0 aliphatic heterocycles. The Hall–Kier alpha value is -1.75. The fourth-order valence-corrected chi connectivity index (χ4v) is 10.6. The van der Waals surface area contributed by atoms with Gasteiger partial charge in [0.2, 0.25) is 12.3 Å². The summed E-state index contributed by atoms with van der Waals surface area (Å²) in [5, 5.41) is 0. The maximum Gasteiger partial charge on any atom is 0.402 e. The van der Waals surface area contributed by atoms with Gasteiger partial charge >= 0.3 is 37.1 Å². The summed E-state index contributed by atoms with van der Waals surface area (Å²) in [4.78, 5) is 0. The van der Waals surface area contributed by atoms with Crippen LogP contribution in [0.1, 0.15) is 271 Å². The van der Waals surface area contributed by atoms with Gasteiger partial charge in [0.05, 0.1) is 23.2 Å². The smallest absolute Gasteiger partial charge is 0.247 e. The lowest BCUT2D eigenvalue weighted by molar-refractivity contribution is -0.335. The molecule has 13 unspecified atom stereocenters. The molecule has 0 saturated heterocycles. The highest BCUT2D eigenvalue weighted by molar-refractivity contribution is 4.98. The van der Waals surface area contributed by atoms with Crippen molar-refractivity contribution in [1.82, 2.24) is 0 Å². The van der Waals surface area contributed by atoms with Gasteiger partial charge in [-0.3, -0.25) is 0 Å². The van der Waals surface area contributed by atoms with E-state index in [0.29, 0.717) is 23.7 Å². The van der Waals surface area contributed by atoms with Gasteiger partial charge in [0, 0.05) is 30.1 Å². The Bertz CT molecular complexity index is 1800. The highest BCUT2D eigenvalue weighted by atomic mass is 19.4. The van der Waals surface area contributed by atoms with E-state index in [1.165, 1.54) is 101 Å². The van der Waals surface area contributed by atoms with Crippen LogP contribution >= 0.6 is 0 Å². The molecule has 4 rings (SSSR count). The van der Waals surface area contributed by atoms with E-state index < -0.39 is 144 Å².